The minimum Gasteiger partial charge on any atom is -0.493 e. The number of aryl methyl sites for hydroxylation is 2. The van der Waals surface area contributed by atoms with Gasteiger partial charge in [-0.15, -0.1) is 0 Å². The highest BCUT2D eigenvalue weighted by atomic mass is 32.2. The molecule has 0 spiro atoms. The maximum absolute atomic E-state index is 13.5. The van der Waals surface area contributed by atoms with Crippen LogP contribution < -0.4 is 19.5 Å². The SMILES string of the molecule is CCc1cc2c(C(=O)NC)c(-c3ccc(F)cc3)oc2nc1NS(=O)(=O)CCCc1ccc(OC)c(OC)c1. The molecule has 1 amide bonds. The number of furan rings is 1. The molecule has 2 aromatic carbocycles. The van der Waals surface area contributed by atoms with Crippen LogP contribution in [0.15, 0.2) is 52.9 Å². The Balaban J connectivity index is 1.60. The first-order valence-electron chi connectivity index (χ1n) is 12.4. The Hall–Kier alpha value is -4.12. The molecule has 0 fully saturated rings. The van der Waals surface area contributed by atoms with Gasteiger partial charge in [-0.3, -0.25) is 9.52 Å². The van der Waals surface area contributed by atoms with E-state index >= 15 is 0 Å². The van der Waals surface area contributed by atoms with Crippen LogP contribution in [0.1, 0.15) is 34.8 Å². The first kappa shape index (κ1) is 27.9. The van der Waals surface area contributed by atoms with Gasteiger partial charge in [-0.25, -0.2) is 12.8 Å². The van der Waals surface area contributed by atoms with Gasteiger partial charge in [0.15, 0.2) is 11.5 Å². The number of methoxy groups -OCH3 is 2. The highest BCUT2D eigenvalue weighted by Crippen LogP contribution is 2.35. The average Bonchev–Trinajstić information content (AvgIpc) is 3.30. The van der Waals surface area contributed by atoms with E-state index in [1.807, 2.05) is 19.1 Å². The molecular formula is C28H30FN3O6S. The molecule has 0 saturated carbocycles. The molecule has 0 aliphatic heterocycles. The Bertz CT molecular complexity index is 1600. The number of fused-ring (bicyclic) bond motifs is 1. The van der Waals surface area contributed by atoms with Gasteiger partial charge in [0.05, 0.1) is 30.9 Å². The average molecular weight is 556 g/mol. The quantitative estimate of drug-likeness (QED) is 0.269. The third-order valence-electron chi connectivity index (χ3n) is 6.28. The number of carbonyl (C=O) groups is 1. The van der Waals surface area contributed by atoms with E-state index in [1.54, 1.807) is 26.4 Å². The predicted octanol–water partition coefficient (Wildman–Crippen LogP) is 4.95. The smallest absolute Gasteiger partial charge is 0.255 e. The van der Waals surface area contributed by atoms with Crippen LogP contribution in [0.4, 0.5) is 10.2 Å². The highest BCUT2D eigenvalue weighted by Gasteiger charge is 2.25. The fraction of sp³-hybridized carbons (Fsp3) is 0.286. The summed E-state index contributed by atoms with van der Waals surface area (Å²) in [6.07, 6.45) is 1.34. The monoisotopic (exact) mass is 555 g/mol. The molecule has 0 radical (unpaired) electrons. The number of halogens is 1. The van der Waals surface area contributed by atoms with E-state index in [0.717, 1.165) is 5.56 Å². The van der Waals surface area contributed by atoms with Crippen molar-refractivity contribution in [2.75, 3.05) is 31.7 Å². The summed E-state index contributed by atoms with van der Waals surface area (Å²) in [6.45, 7) is 1.86. The number of hydrogen-bond acceptors (Lipinski definition) is 7. The summed E-state index contributed by atoms with van der Waals surface area (Å²) in [5.41, 5.74) is 2.34. The standard InChI is InChI=1S/C28H30FN3O6S/c1-5-18-16-21-24(27(33)30-2)25(19-9-11-20(29)12-10-19)38-28(21)31-26(18)32-39(34,35)14-6-7-17-8-13-22(36-3)23(15-17)37-4/h8-13,15-16H,5-7,14H2,1-4H3,(H,30,33)(H,31,32). The third-order valence-corrected chi connectivity index (χ3v) is 7.61. The molecule has 0 aliphatic carbocycles. The minimum absolute atomic E-state index is 0.0909. The van der Waals surface area contributed by atoms with Crippen molar-refractivity contribution in [1.82, 2.24) is 10.3 Å². The summed E-state index contributed by atoms with van der Waals surface area (Å²) in [6, 6.07) is 12.7. The number of pyridine rings is 1. The first-order chi connectivity index (χ1) is 18.7. The molecule has 206 valence electrons. The fourth-order valence-corrected chi connectivity index (χ4v) is 5.38. The molecule has 0 bridgehead atoms. The number of carbonyl (C=O) groups excluding carboxylic acids is 1. The zero-order chi connectivity index (χ0) is 28.2. The molecule has 2 aromatic heterocycles. The van der Waals surface area contributed by atoms with Gasteiger partial charge in [0.2, 0.25) is 15.7 Å². The number of anilines is 1. The lowest BCUT2D eigenvalue weighted by Gasteiger charge is -2.12. The van der Waals surface area contributed by atoms with Gasteiger partial charge < -0.3 is 19.2 Å². The summed E-state index contributed by atoms with van der Waals surface area (Å²) in [4.78, 5) is 17.2. The Labute approximate surface area is 226 Å². The molecule has 0 atom stereocenters. The van der Waals surface area contributed by atoms with Crippen molar-refractivity contribution >= 4 is 32.8 Å². The van der Waals surface area contributed by atoms with Crippen molar-refractivity contribution in [1.29, 1.82) is 0 Å². The second kappa shape index (κ2) is 11.7. The van der Waals surface area contributed by atoms with Crippen LogP contribution in [0.3, 0.4) is 0 Å². The van der Waals surface area contributed by atoms with Crippen molar-refractivity contribution in [2.45, 2.75) is 26.2 Å². The zero-order valence-corrected chi connectivity index (χ0v) is 22.9. The van der Waals surface area contributed by atoms with E-state index in [2.05, 4.69) is 15.0 Å². The fourth-order valence-electron chi connectivity index (χ4n) is 4.28. The largest absolute Gasteiger partial charge is 0.493 e. The van der Waals surface area contributed by atoms with Gasteiger partial charge in [-0.2, -0.15) is 4.98 Å². The van der Waals surface area contributed by atoms with Gasteiger partial charge in [0.25, 0.3) is 5.91 Å². The van der Waals surface area contributed by atoms with Crippen LogP contribution in [0.25, 0.3) is 22.4 Å². The van der Waals surface area contributed by atoms with Crippen molar-refractivity contribution in [3.05, 3.63) is 71.0 Å². The summed E-state index contributed by atoms with van der Waals surface area (Å²) in [5.74, 6) is 0.575. The summed E-state index contributed by atoms with van der Waals surface area (Å²) >= 11 is 0. The van der Waals surface area contributed by atoms with Crippen LogP contribution in [-0.4, -0.2) is 46.3 Å². The molecule has 11 heteroatoms. The number of sulfonamides is 1. The van der Waals surface area contributed by atoms with E-state index in [9.17, 15) is 17.6 Å². The second-order valence-electron chi connectivity index (χ2n) is 8.81. The Morgan fingerprint density at radius 3 is 2.41 bits per heavy atom. The molecule has 39 heavy (non-hydrogen) atoms. The van der Waals surface area contributed by atoms with Crippen molar-refractivity contribution < 1.29 is 31.5 Å². The predicted molar refractivity (Wildman–Crippen MR) is 147 cm³/mol. The third kappa shape index (κ3) is 6.14. The highest BCUT2D eigenvalue weighted by molar-refractivity contribution is 7.92. The topological polar surface area (TPSA) is 120 Å². The van der Waals surface area contributed by atoms with E-state index in [4.69, 9.17) is 13.9 Å². The Kier molecular flexibility index (Phi) is 8.39. The number of hydrogen-bond donors (Lipinski definition) is 2. The number of amides is 1. The molecule has 0 unspecified atom stereocenters. The van der Waals surface area contributed by atoms with Gasteiger partial charge in [-0.05, 0) is 72.9 Å². The van der Waals surface area contributed by atoms with Crippen LogP contribution in [0.2, 0.25) is 0 Å². The van der Waals surface area contributed by atoms with Crippen molar-refractivity contribution in [3.63, 3.8) is 0 Å². The molecule has 0 aliphatic rings. The van der Waals surface area contributed by atoms with Gasteiger partial charge in [-0.1, -0.05) is 13.0 Å². The number of benzene rings is 2. The zero-order valence-electron chi connectivity index (χ0n) is 22.1. The van der Waals surface area contributed by atoms with E-state index in [1.165, 1.54) is 31.3 Å². The van der Waals surface area contributed by atoms with Crippen LogP contribution in [-0.2, 0) is 22.9 Å². The lowest BCUT2D eigenvalue weighted by atomic mass is 10.0. The molecule has 0 saturated heterocycles. The lowest BCUT2D eigenvalue weighted by Crippen LogP contribution is -2.19. The molecule has 2 N–H and O–H groups in total. The van der Waals surface area contributed by atoms with Gasteiger partial charge in [0, 0.05) is 12.6 Å². The normalized spacial score (nSPS) is 11.4. The van der Waals surface area contributed by atoms with Crippen LogP contribution in [0, 0.1) is 5.82 Å². The Morgan fingerprint density at radius 1 is 1.05 bits per heavy atom. The molecule has 4 rings (SSSR count). The maximum Gasteiger partial charge on any atom is 0.255 e. The number of aromatic nitrogens is 1. The van der Waals surface area contributed by atoms with Crippen molar-refractivity contribution in [2.24, 2.45) is 0 Å². The molecular weight excluding hydrogens is 525 g/mol. The van der Waals surface area contributed by atoms with Crippen LogP contribution >= 0.6 is 0 Å². The maximum atomic E-state index is 13.5. The van der Waals surface area contributed by atoms with Crippen LogP contribution in [0.5, 0.6) is 11.5 Å². The molecule has 2 heterocycles. The van der Waals surface area contributed by atoms with Gasteiger partial charge in [0.1, 0.15) is 17.4 Å². The van der Waals surface area contributed by atoms with E-state index in [0.29, 0.717) is 47.3 Å². The second-order valence-corrected chi connectivity index (χ2v) is 10.7. The summed E-state index contributed by atoms with van der Waals surface area (Å²) < 4.78 is 58.5. The lowest BCUT2D eigenvalue weighted by molar-refractivity contribution is 0.0964. The summed E-state index contributed by atoms with van der Waals surface area (Å²) in [5, 5.41) is 3.03. The van der Waals surface area contributed by atoms with E-state index in [-0.39, 0.29) is 28.6 Å². The first-order valence-corrected chi connectivity index (χ1v) is 14.0. The number of ether oxygens (including phenoxy) is 2. The Morgan fingerprint density at radius 2 is 1.77 bits per heavy atom. The number of nitrogens with zero attached hydrogens (tertiary/aromatic N) is 1. The molecule has 4 aromatic rings. The van der Waals surface area contributed by atoms with Gasteiger partial charge >= 0.3 is 0 Å². The van der Waals surface area contributed by atoms with E-state index < -0.39 is 21.7 Å². The number of rotatable bonds is 11. The van der Waals surface area contributed by atoms with Crippen molar-refractivity contribution in [3.8, 4) is 22.8 Å². The number of nitrogens with one attached hydrogen (secondary N) is 2. The minimum atomic E-state index is -3.75. The molecule has 9 nitrogen and oxygen atoms in total. The summed E-state index contributed by atoms with van der Waals surface area (Å²) in [7, 11) is 0.847.